The number of carbonyl (C=O) groups excluding carboxylic acids is 1. The van der Waals surface area contributed by atoms with Gasteiger partial charge in [-0.1, -0.05) is 54.1 Å². The van der Waals surface area contributed by atoms with Crippen molar-refractivity contribution in [1.82, 2.24) is 19.8 Å². The Morgan fingerprint density at radius 3 is 2.59 bits per heavy atom. The molecule has 2 heterocycles. The lowest BCUT2D eigenvalue weighted by molar-refractivity contribution is 0.204. The SMILES string of the molecule is O=C1N/C(=N/Cc2ccc(Cl)cc2)C(c2ccccc2)N1CCCn1ccnc1. The summed E-state index contributed by atoms with van der Waals surface area (Å²) < 4.78 is 2.01. The van der Waals surface area contributed by atoms with Crippen molar-refractivity contribution in [2.24, 2.45) is 4.99 Å². The second-order valence-electron chi connectivity index (χ2n) is 6.92. The molecule has 148 valence electrons. The zero-order chi connectivity index (χ0) is 20.1. The summed E-state index contributed by atoms with van der Waals surface area (Å²) in [6.07, 6.45) is 6.31. The molecule has 0 saturated carbocycles. The predicted octanol–water partition coefficient (Wildman–Crippen LogP) is 4.29. The van der Waals surface area contributed by atoms with E-state index in [9.17, 15) is 4.79 Å². The highest BCUT2D eigenvalue weighted by Gasteiger charge is 2.37. The van der Waals surface area contributed by atoms with E-state index in [1.807, 2.05) is 70.3 Å². The van der Waals surface area contributed by atoms with Crippen molar-refractivity contribution in [3.8, 4) is 0 Å². The Balaban J connectivity index is 1.53. The largest absolute Gasteiger partial charge is 0.337 e. The molecule has 0 bridgehead atoms. The molecular formula is C22H22ClN5O. The van der Waals surface area contributed by atoms with Gasteiger partial charge in [0.05, 0.1) is 12.9 Å². The van der Waals surface area contributed by atoms with E-state index in [4.69, 9.17) is 16.6 Å². The molecule has 1 aromatic heterocycles. The van der Waals surface area contributed by atoms with Gasteiger partial charge in [0.25, 0.3) is 0 Å². The zero-order valence-corrected chi connectivity index (χ0v) is 16.7. The minimum Gasteiger partial charge on any atom is -0.337 e. The predicted molar refractivity (Wildman–Crippen MR) is 114 cm³/mol. The van der Waals surface area contributed by atoms with Crippen LogP contribution in [0.3, 0.4) is 0 Å². The van der Waals surface area contributed by atoms with Gasteiger partial charge < -0.3 is 9.47 Å². The second-order valence-corrected chi connectivity index (χ2v) is 7.36. The highest BCUT2D eigenvalue weighted by molar-refractivity contribution is 6.30. The average Bonchev–Trinajstić information content (AvgIpc) is 3.36. The minimum absolute atomic E-state index is 0.112. The van der Waals surface area contributed by atoms with Gasteiger partial charge in [-0.3, -0.25) is 10.3 Å². The Morgan fingerprint density at radius 2 is 1.86 bits per heavy atom. The fourth-order valence-electron chi connectivity index (χ4n) is 3.45. The Morgan fingerprint density at radius 1 is 1.07 bits per heavy atom. The molecule has 2 amide bonds. The third-order valence-electron chi connectivity index (χ3n) is 4.90. The smallest absolute Gasteiger partial charge is 0.323 e. The van der Waals surface area contributed by atoms with Crippen molar-refractivity contribution >= 4 is 23.5 Å². The maximum atomic E-state index is 12.7. The third-order valence-corrected chi connectivity index (χ3v) is 5.15. The first kappa shape index (κ1) is 19.2. The van der Waals surface area contributed by atoms with Gasteiger partial charge in [0.1, 0.15) is 11.9 Å². The van der Waals surface area contributed by atoms with E-state index in [0.29, 0.717) is 23.9 Å². The molecule has 29 heavy (non-hydrogen) atoms. The lowest BCUT2D eigenvalue weighted by atomic mass is 10.1. The molecule has 4 rings (SSSR count). The first-order chi connectivity index (χ1) is 14.2. The standard InChI is InChI=1S/C22H22ClN5O/c23-19-9-7-17(8-10-19)15-25-21-20(18-5-2-1-3-6-18)28(22(29)26-21)13-4-12-27-14-11-24-16-27/h1-3,5-11,14,16,20H,4,12-13,15H2,(H,25,26,29). The number of rotatable bonds is 7. The van der Waals surface area contributed by atoms with Gasteiger partial charge in [0, 0.05) is 30.5 Å². The van der Waals surface area contributed by atoms with Crippen LogP contribution < -0.4 is 5.32 Å². The van der Waals surface area contributed by atoms with Crippen LogP contribution in [-0.2, 0) is 13.1 Å². The molecule has 1 saturated heterocycles. The molecule has 1 unspecified atom stereocenters. The summed E-state index contributed by atoms with van der Waals surface area (Å²) in [7, 11) is 0. The molecule has 1 N–H and O–H groups in total. The molecule has 1 aliphatic rings. The number of aliphatic imine (C=N–C) groups is 1. The van der Waals surface area contributed by atoms with Gasteiger partial charge >= 0.3 is 6.03 Å². The number of aryl methyl sites for hydroxylation is 1. The van der Waals surface area contributed by atoms with E-state index < -0.39 is 0 Å². The van der Waals surface area contributed by atoms with Gasteiger partial charge in [-0.2, -0.15) is 0 Å². The maximum absolute atomic E-state index is 12.7. The van der Waals surface area contributed by atoms with Crippen molar-refractivity contribution in [1.29, 1.82) is 0 Å². The van der Waals surface area contributed by atoms with Gasteiger partial charge in [0.15, 0.2) is 0 Å². The van der Waals surface area contributed by atoms with Crippen molar-refractivity contribution in [3.63, 3.8) is 0 Å². The lowest BCUT2D eigenvalue weighted by Crippen LogP contribution is -2.31. The fourth-order valence-corrected chi connectivity index (χ4v) is 3.58. The molecule has 1 fully saturated rings. The van der Waals surface area contributed by atoms with Gasteiger partial charge in [-0.15, -0.1) is 0 Å². The van der Waals surface area contributed by atoms with Gasteiger partial charge in [-0.05, 0) is 29.7 Å². The molecule has 6 nitrogen and oxygen atoms in total. The van der Waals surface area contributed by atoms with Gasteiger partial charge in [-0.25, -0.2) is 9.78 Å². The molecule has 3 aromatic rings. The summed E-state index contributed by atoms with van der Waals surface area (Å²) in [5.41, 5.74) is 2.09. The average molecular weight is 408 g/mol. The maximum Gasteiger partial charge on any atom is 0.323 e. The monoisotopic (exact) mass is 407 g/mol. The van der Waals surface area contributed by atoms with E-state index in [1.165, 1.54) is 0 Å². The lowest BCUT2D eigenvalue weighted by Gasteiger charge is -2.23. The first-order valence-corrected chi connectivity index (χ1v) is 9.95. The Bertz CT molecular complexity index is 970. The number of hydrogen-bond donors (Lipinski definition) is 1. The first-order valence-electron chi connectivity index (χ1n) is 9.58. The number of carbonyl (C=O) groups is 1. The zero-order valence-electron chi connectivity index (χ0n) is 15.9. The molecule has 0 spiro atoms. The number of hydrogen-bond acceptors (Lipinski definition) is 3. The van der Waals surface area contributed by atoms with Crippen LogP contribution in [0.15, 0.2) is 78.3 Å². The van der Waals surface area contributed by atoms with Crippen LogP contribution in [0.4, 0.5) is 4.79 Å². The number of halogens is 1. The van der Waals surface area contributed by atoms with E-state index in [2.05, 4.69) is 10.3 Å². The summed E-state index contributed by atoms with van der Waals surface area (Å²) in [5, 5.41) is 3.67. The van der Waals surface area contributed by atoms with Crippen molar-refractivity contribution in [3.05, 3.63) is 89.5 Å². The summed E-state index contributed by atoms with van der Waals surface area (Å²) in [4.78, 5) is 23.4. The summed E-state index contributed by atoms with van der Waals surface area (Å²) in [5.74, 6) is 0.679. The summed E-state index contributed by atoms with van der Waals surface area (Å²) in [6, 6.07) is 17.3. The van der Waals surface area contributed by atoms with E-state index in [-0.39, 0.29) is 12.1 Å². The van der Waals surface area contributed by atoms with Crippen molar-refractivity contribution in [2.45, 2.75) is 25.6 Å². The molecular weight excluding hydrogens is 386 g/mol. The topological polar surface area (TPSA) is 62.5 Å². The number of urea groups is 1. The molecule has 0 aliphatic carbocycles. The summed E-state index contributed by atoms with van der Waals surface area (Å²) >= 11 is 5.96. The Kier molecular flexibility index (Phi) is 5.91. The van der Waals surface area contributed by atoms with Crippen LogP contribution >= 0.6 is 11.6 Å². The third kappa shape index (κ3) is 4.66. The highest BCUT2D eigenvalue weighted by Crippen LogP contribution is 2.27. The van der Waals surface area contributed by atoms with Crippen molar-refractivity contribution < 1.29 is 4.79 Å². The van der Waals surface area contributed by atoms with Gasteiger partial charge in [0.2, 0.25) is 0 Å². The highest BCUT2D eigenvalue weighted by atomic mass is 35.5. The summed E-state index contributed by atoms with van der Waals surface area (Å²) in [6.45, 7) is 1.92. The van der Waals surface area contributed by atoms with E-state index >= 15 is 0 Å². The van der Waals surface area contributed by atoms with Crippen molar-refractivity contribution in [2.75, 3.05) is 6.54 Å². The number of benzene rings is 2. The van der Waals surface area contributed by atoms with Crippen LogP contribution in [0, 0.1) is 0 Å². The number of amidine groups is 1. The number of imidazole rings is 1. The Labute approximate surface area is 174 Å². The van der Waals surface area contributed by atoms with Crippen LogP contribution in [-0.4, -0.2) is 32.9 Å². The minimum atomic E-state index is -0.209. The number of aromatic nitrogens is 2. The number of nitrogens with zero attached hydrogens (tertiary/aromatic N) is 4. The fraction of sp³-hybridized carbons (Fsp3) is 0.227. The normalized spacial score (nSPS) is 17.7. The molecule has 1 aliphatic heterocycles. The van der Waals surface area contributed by atoms with Crippen LogP contribution in [0.1, 0.15) is 23.6 Å². The second kappa shape index (κ2) is 8.92. The van der Waals surface area contributed by atoms with E-state index in [0.717, 1.165) is 24.1 Å². The Hall–Kier alpha value is -3.12. The number of nitrogens with one attached hydrogen (secondary N) is 1. The van der Waals surface area contributed by atoms with Crippen LogP contribution in [0.2, 0.25) is 5.02 Å². The molecule has 7 heteroatoms. The van der Waals surface area contributed by atoms with E-state index in [1.54, 1.807) is 12.5 Å². The molecule has 0 radical (unpaired) electrons. The van der Waals surface area contributed by atoms with Crippen LogP contribution in [0.25, 0.3) is 0 Å². The number of amides is 2. The molecule has 1 atom stereocenters. The quantitative estimate of drug-likeness (QED) is 0.635. The molecule has 2 aromatic carbocycles. The van der Waals surface area contributed by atoms with Crippen LogP contribution in [0.5, 0.6) is 0 Å².